The van der Waals surface area contributed by atoms with Crippen LogP contribution in [0.3, 0.4) is 0 Å². The lowest BCUT2D eigenvalue weighted by molar-refractivity contribution is 1.22. The summed E-state index contributed by atoms with van der Waals surface area (Å²) in [5.41, 5.74) is 0. The first-order chi connectivity index (χ1) is 3.31. The molecule has 0 spiro atoms. The van der Waals surface area contributed by atoms with Crippen molar-refractivity contribution in [1.82, 2.24) is 0 Å². The topological polar surface area (TPSA) is 0 Å². The highest BCUT2D eigenvalue weighted by molar-refractivity contribution is 7.84. The van der Waals surface area contributed by atoms with Crippen LogP contribution in [-0.2, 0) is 0 Å². The Morgan fingerprint density at radius 3 is 2.57 bits per heavy atom. The molecule has 0 aliphatic rings. The molecule has 1 heteroatoms. The van der Waals surface area contributed by atoms with Gasteiger partial charge in [0.2, 0.25) is 0 Å². The lowest BCUT2D eigenvalue weighted by Gasteiger charge is -1.82. The van der Waals surface area contributed by atoms with Crippen molar-refractivity contribution in [3.05, 3.63) is 23.6 Å². The van der Waals surface area contributed by atoms with Crippen LogP contribution in [0, 0.1) is 0 Å². The summed E-state index contributed by atoms with van der Waals surface area (Å²) in [4.78, 5) is 0.961. The molecule has 0 aromatic heterocycles. The third kappa shape index (κ3) is 3.67. The van der Waals surface area contributed by atoms with E-state index in [-0.39, 0.29) is 0 Å². The molecule has 0 radical (unpaired) electrons. The first-order valence-electron chi connectivity index (χ1n) is 2.32. The van der Waals surface area contributed by atoms with E-state index in [9.17, 15) is 0 Å². The molecule has 0 saturated carbocycles. The second-order valence-corrected chi connectivity index (χ2v) is 1.76. The third-order valence-corrected chi connectivity index (χ3v) is 0.988. The molecule has 7 heavy (non-hydrogen) atoms. The second kappa shape index (κ2) is 4.00. The molecule has 0 aromatic carbocycles. The Bertz CT molecular complexity index is 82.2. The Morgan fingerprint density at radius 1 is 1.86 bits per heavy atom. The van der Waals surface area contributed by atoms with Crippen molar-refractivity contribution in [1.29, 1.82) is 0 Å². The molecule has 0 bridgehead atoms. The number of thiol groups is 1. The zero-order valence-corrected chi connectivity index (χ0v) is 5.41. The maximum absolute atomic E-state index is 4.05. The summed E-state index contributed by atoms with van der Waals surface area (Å²) in [5.74, 6) is 0. The number of allylic oxidation sites excluding steroid dienone is 2. The fraction of sp³-hybridized carbons (Fsp3) is 0.333. The van der Waals surface area contributed by atoms with Gasteiger partial charge in [0.1, 0.15) is 0 Å². The minimum absolute atomic E-state index is 0.961. The Labute approximate surface area is 50.3 Å². The van der Waals surface area contributed by atoms with Crippen LogP contribution in [0.1, 0.15) is 13.3 Å². The molecule has 0 unspecified atom stereocenters. The molecule has 0 aromatic rings. The quantitative estimate of drug-likeness (QED) is 0.413. The molecule has 40 valence electrons. The molecule has 0 rings (SSSR count). The average molecular weight is 114 g/mol. The highest BCUT2D eigenvalue weighted by Crippen LogP contribution is 2.00. The van der Waals surface area contributed by atoms with Gasteiger partial charge in [0.25, 0.3) is 0 Å². The Kier molecular flexibility index (Phi) is 3.90. The minimum Gasteiger partial charge on any atom is -0.144 e. The van der Waals surface area contributed by atoms with Crippen LogP contribution in [0.15, 0.2) is 23.6 Å². The van der Waals surface area contributed by atoms with Crippen LogP contribution in [0.2, 0.25) is 0 Å². The smallest absolute Gasteiger partial charge is 0.000599 e. The van der Waals surface area contributed by atoms with Gasteiger partial charge in [0.15, 0.2) is 0 Å². The highest BCUT2D eigenvalue weighted by Gasteiger charge is 1.73. The number of hydrogen-bond acceptors (Lipinski definition) is 1. The summed E-state index contributed by atoms with van der Waals surface area (Å²) in [6.07, 6.45) is 4.77. The van der Waals surface area contributed by atoms with Crippen LogP contribution in [0.25, 0.3) is 0 Å². The van der Waals surface area contributed by atoms with Crippen molar-refractivity contribution in [2.24, 2.45) is 0 Å². The monoisotopic (exact) mass is 114 g/mol. The highest BCUT2D eigenvalue weighted by atomic mass is 32.1. The van der Waals surface area contributed by atoms with Crippen LogP contribution in [0.5, 0.6) is 0 Å². The van der Waals surface area contributed by atoms with E-state index in [1.54, 1.807) is 6.08 Å². The zero-order chi connectivity index (χ0) is 5.70. The summed E-state index contributed by atoms with van der Waals surface area (Å²) in [6.45, 7) is 5.60. The van der Waals surface area contributed by atoms with Gasteiger partial charge in [-0.15, -0.1) is 12.6 Å². The largest absolute Gasteiger partial charge is 0.144 e. The van der Waals surface area contributed by atoms with Crippen LogP contribution < -0.4 is 0 Å². The van der Waals surface area contributed by atoms with E-state index < -0.39 is 0 Å². The van der Waals surface area contributed by atoms with Gasteiger partial charge in [0, 0.05) is 0 Å². The molecular weight excluding hydrogens is 104 g/mol. The van der Waals surface area contributed by atoms with E-state index in [4.69, 9.17) is 0 Å². The predicted octanol–water partition coefficient (Wildman–Crippen LogP) is 2.40. The van der Waals surface area contributed by atoms with E-state index in [0.29, 0.717) is 0 Å². The Hall–Kier alpha value is -0.170. The SMILES string of the molecule is C=C/C(S)=C\CC. The van der Waals surface area contributed by atoms with Gasteiger partial charge < -0.3 is 0 Å². The Balaban J connectivity index is 3.49. The fourth-order valence-electron chi connectivity index (χ4n) is 0.292. The maximum Gasteiger partial charge on any atom is -0.000599 e. The van der Waals surface area contributed by atoms with E-state index in [2.05, 4.69) is 26.1 Å². The van der Waals surface area contributed by atoms with E-state index >= 15 is 0 Å². The molecule has 0 atom stereocenters. The summed E-state index contributed by atoms with van der Waals surface area (Å²) in [7, 11) is 0. The Morgan fingerprint density at radius 2 is 2.43 bits per heavy atom. The lowest BCUT2D eigenvalue weighted by Crippen LogP contribution is -1.57. The van der Waals surface area contributed by atoms with Gasteiger partial charge in [-0.2, -0.15) is 0 Å². The average Bonchev–Trinajstić information content (AvgIpc) is 1.68. The molecule has 0 N–H and O–H groups in total. The van der Waals surface area contributed by atoms with Crippen molar-refractivity contribution >= 4 is 12.6 Å². The summed E-state index contributed by atoms with van der Waals surface area (Å²) in [5, 5.41) is 0. The van der Waals surface area contributed by atoms with Crippen molar-refractivity contribution in [3.63, 3.8) is 0 Å². The van der Waals surface area contributed by atoms with Crippen LogP contribution >= 0.6 is 12.6 Å². The first kappa shape index (κ1) is 6.83. The van der Waals surface area contributed by atoms with Crippen LogP contribution in [0.4, 0.5) is 0 Å². The van der Waals surface area contributed by atoms with Gasteiger partial charge in [-0.1, -0.05) is 25.7 Å². The van der Waals surface area contributed by atoms with Gasteiger partial charge in [-0.3, -0.25) is 0 Å². The summed E-state index contributed by atoms with van der Waals surface area (Å²) in [6, 6.07) is 0. The lowest BCUT2D eigenvalue weighted by atomic mass is 10.4. The molecule has 0 aliphatic carbocycles. The molecule has 0 fully saturated rings. The third-order valence-electron chi connectivity index (χ3n) is 0.622. The van der Waals surface area contributed by atoms with Crippen molar-refractivity contribution < 1.29 is 0 Å². The van der Waals surface area contributed by atoms with Gasteiger partial charge in [0.05, 0.1) is 0 Å². The van der Waals surface area contributed by atoms with Crippen LogP contribution in [-0.4, -0.2) is 0 Å². The molecule has 0 saturated heterocycles. The molecule has 0 nitrogen and oxygen atoms in total. The molecule has 0 amide bonds. The van der Waals surface area contributed by atoms with Gasteiger partial charge in [-0.25, -0.2) is 0 Å². The summed E-state index contributed by atoms with van der Waals surface area (Å²) >= 11 is 4.05. The second-order valence-electron chi connectivity index (χ2n) is 1.24. The van der Waals surface area contributed by atoms with Gasteiger partial charge in [-0.05, 0) is 11.3 Å². The maximum atomic E-state index is 4.05. The van der Waals surface area contributed by atoms with Crippen molar-refractivity contribution in [2.45, 2.75) is 13.3 Å². The first-order valence-corrected chi connectivity index (χ1v) is 2.77. The zero-order valence-electron chi connectivity index (χ0n) is 4.52. The molecular formula is C6H10S. The van der Waals surface area contributed by atoms with Crippen molar-refractivity contribution in [3.8, 4) is 0 Å². The normalized spacial score (nSPS) is 11.4. The molecule has 0 aliphatic heterocycles. The van der Waals surface area contributed by atoms with Gasteiger partial charge >= 0.3 is 0 Å². The predicted molar refractivity (Wildman–Crippen MR) is 37.6 cm³/mol. The van der Waals surface area contributed by atoms with E-state index in [1.807, 2.05) is 6.08 Å². The number of rotatable bonds is 2. The minimum atomic E-state index is 0.961. The van der Waals surface area contributed by atoms with E-state index in [0.717, 1.165) is 11.3 Å². The van der Waals surface area contributed by atoms with E-state index in [1.165, 1.54) is 0 Å². The standard InChI is InChI=1S/C6H10S/c1-3-5-6(7)4-2/h4-5,7H,2-3H2,1H3/b6-5+. The summed E-state index contributed by atoms with van der Waals surface area (Å²) < 4.78 is 0. The molecule has 0 heterocycles. The fourth-order valence-corrected chi connectivity index (χ4v) is 0.475. The van der Waals surface area contributed by atoms with Crippen molar-refractivity contribution in [2.75, 3.05) is 0 Å². The number of hydrogen-bond donors (Lipinski definition) is 1.